The van der Waals surface area contributed by atoms with Gasteiger partial charge in [0.15, 0.2) is 11.5 Å². The average Bonchev–Trinajstić information content (AvgIpc) is 3.05. The van der Waals surface area contributed by atoms with Crippen LogP contribution in [0.2, 0.25) is 0 Å². The van der Waals surface area contributed by atoms with Crippen molar-refractivity contribution >= 4 is 17.2 Å². The van der Waals surface area contributed by atoms with Crippen LogP contribution in [-0.2, 0) is 0 Å². The van der Waals surface area contributed by atoms with Crippen LogP contribution in [0.25, 0.3) is 5.65 Å². The van der Waals surface area contributed by atoms with Crippen LogP contribution < -0.4 is 20.3 Å². The van der Waals surface area contributed by atoms with Crippen LogP contribution >= 0.6 is 0 Å². The van der Waals surface area contributed by atoms with Crippen molar-refractivity contribution in [3.8, 4) is 11.5 Å². The molecule has 0 saturated carbocycles. The molecule has 1 N–H and O–H groups in total. The van der Waals surface area contributed by atoms with Gasteiger partial charge >= 0.3 is 0 Å². The number of hydrogen-bond donors (Lipinski definition) is 1. The lowest BCUT2D eigenvalue weighted by Gasteiger charge is -2.11. The monoisotopic (exact) mass is 337 g/mol. The minimum absolute atomic E-state index is 0.134. The lowest BCUT2D eigenvalue weighted by Crippen LogP contribution is -2.26. The Morgan fingerprint density at radius 1 is 1.16 bits per heavy atom. The summed E-state index contributed by atoms with van der Waals surface area (Å²) in [5.74, 6) is 0.693. The van der Waals surface area contributed by atoms with Gasteiger partial charge in [-0.15, -0.1) is 0 Å². The number of fused-ring (bicyclic) bond motifs is 2. The highest BCUT2D eigenvalue weighted by atomic mass is 16.7. The molecule has 0 radical (unpaired) electrons. The molecule has 1 aromatic carbocycles. The van der Waals surface area contributed by atoms with Gasteiger partial charge in [0.25, 0.3) is 11.5 Å². The molecule has 1 aliphatic heterocycles. The Kier molecular flexibility index (Phi) is 3.42. The van der Waals surface area contributed by atoms with Crippen LogP contribution in [0.4, 0.5) is 5.69 Å². The van der Waals surface area contributed by atoms with Gasteiger partial charge in [0.05, 0.1) is 5.69 Å². The van der Waals surface area contributed by atoms with E-state index in [1.54, 1.807) is 31.2 Å². The molecular weight excluding hydrogens is 322 g/mol. The number of ether oxygens (including phenoxy) is 2. The predicted molar refractivity (Wildman–Crippen MR) is 91.5 cm³/mol. The lowest BCUT2D eigenvalue weighted by atomic mass is 10.2. The van der Waals surface area contributed by atoms with E-state index in [0.29, 0.717) is 28.4 Å². The number of nitrogens with zero attached hydrogens (tertiary/aromatic N) is 2. The quantitative estimate of drug-likeness (QED) is 0.776. The van der Waals surface area contributed by atoms with Crippen molar-refractivity contribution < 1.29 is 14.3 Å². The fourth-order valence-corrected chi connectivity index (χ4v) is 2.82. The lowest BCUT2D eigenvalue weighted by molar-refractivity contribution is 0.102. The zero-order valence-electron chi connectivity index (χ0n) is 13.7. The van der Waals surface area contributed by atoms with Crippen molar-refractivity contribution in [2.24, 2.45) is 0 Å². The molecule has 0 bridgehead atoms. The second kappa shape index (κ2) is 5.62. The van der Waals surface area contributed by atoms with Gasteiger partial charge < -0.3 is 14.8 Å². The fourth-order valence-electron chi connectivity index (χ4n) is 2.82. The van der Waals surface area contributed by atoms with Gasteiger partial charge in [0.1, 0.15) is 11.3 Å². The Hall–Kier alpha value is -3.35. The van der Waals surface area contributed by atoms with Crippen molar-refractivity contribution in [1.29, 1.82) is 0 Å². The molecule has 0 aliphatic carbocycles. The first-order chi connectivity index (χ1) is 12.0. The molecule has 4 rings (SSSR count). The van der Waals surface area contributed by atoms with E-state index in [0.717, 1.165) is 5.69 Å². The Morgan fingerprint density at radius 3 is 2.80 bits per heavy atom. The number of anilines is 1. The van der Waals surface area contributed by atoms with E-state index in [1.165, 1.54) is 4.40 Å². The predicted octanol–water partition coefficient (Wildman–Crippen LogP) is 2.29. The normalized spacial score (nSPS) is 12.4. The first-order valence-electron chi connectivity index (χ1n) is 7.74. The van der Waals surface area contributed by atoms with Gasteiger partial charge in [-0.1, -0.05) is 6.07 Å². The van der Waals surface area contributed by atoms with E-state index < -0.39 is 5.91 Å². The number of aryl methyl sites for hydroxylation is 2. The number of pyridine rings is 1. The van der Waals surface area contributed by atoms with E-state index in [4.69, 9.17) is 9.47 Å². The third-order valence-electron chi connectivity index (χ3n) is 4.10. The summed E-state index contributed by atoms with van der Waals surface area (Å²) in [5.41, 5.74) is 1.98. The first kappa shape index (κ1) is 15.2. The van der Waals surface area contributed by atoms with Gasteiger partial charge in [0.2, 0.25) is 6.79 Å². The fraction of sp³-hybridized carbons (Fsp3) is 0.167. The molecule has 0 fully saturated rings. The van der Waals surface area contributed by atoms with E-state index >= 15 is 0 Å². The molecule has 0 unspecified atom stereocenters. The molecule has 0 atom stereocenters. The van der Waals surface area contributed by atoms with Crippen molar-refractivity contribution in [2.45, 2.75) is 13.8 Å². The molecule has 1 amide bonds. The molecule has 25 heavy (non-hydrogen) atoms. The SMILES string of the molecule is Cc1nc2cccc(C)n2c(=O)c1NC(=O)c1ccc2c(c1)OCO2. The molecule has 3 heterocycles. The van der Waals surface area contributed by atoms with E-state index in [2.05, 4.69) is 10.3 Å². The molecule has 2 aromatic heterocycles. The maximum atomic E-state index is 12.8. The maximum Gasteiger partial charge on any atom is 0.282 e. The molecule has 126 valence electrons. The Labute approximate surface area is 142 Å². The van der Waals surface area contributed by atoms with Gasteiger partial charge in [0, 0.05) is 11.3 Å². The first-order valence-corrected chi connectivity index (χ1v) is 7.74. The number of aromatic nitrogens is 2. The molecule has 7 nitrogen and oxygen atoms in total. The van der Waals surface area contributed by atoms with Crippen LogP contribution in [0.1, 0.15) is 21.7 Å². The molecule has 3 aromatic rings. The summed E-state index contributed by atoms with van der Waals surface area (Å²) in [6, 6.07) is 10.3. The van der Waals surface area contributed by atoms with E-state index in [9.17, 15) is 9.59 Å². The van der Waals surface area contributed by atoms with Gasteiger partial charge in [-0.25, -0.2) is 4.98 Å². The van der Waals surface area contributed by atoms with Crippen molar-refractivity contribution in [2.75, 3.05) is 12.1 Å². The van der Waals surface area contributed by atoms with Crippen LogP contribution in [0.15, 0.2) is 41.2 Å². The van der Waals surface area contributed by atoms with Crippen molar-refractivity contribution in [3.05, 3.63) is 63.7 Å². The van der Waals surface area contributed by atoms with E-state index in [-0.39, 0.29) is 18.0 Å². The molecule has 0 saturated heterocycles. The Balaban J connectivity index is 1.74. The largest absolute Gasteiger partial charge is 0.454 e. The summed E-state index contributed by atoms with van der Waals surface area (Å²) in [6.07, 6.45) is 0. The Morgan fingerprint density at radius 2 is 1.96 bits per heavy atom. The van der Waals surface area contributed by atoms with Crippen molar-refractivity contribution in [1.82, 2.24) is 9.38 Å². The summed E-state index contributed by atoms with van der Waals surface area (Å²) < 4.78 is 12.0. The smallest absolute Gasteiger partial charge is 0.282 e. The van der Waals surface area contributed by atoms with Gasteiger partial charge in [-0.05, 0) is 44.2 Å². The molecular formula is C18H15N3O4. The maximum absolute atomic E-state index is 12.8. The number of amides is 1. The number of rotatable bonds is 2. The van der Waals surface area contributed by atoms with E-state index in [1.807, 2.05) is 19.1 Å². The highest BCUT2D eigenvalue weighted by Crippen LogP contribution is 2.32. The highest BCUT2D eigenvalue weighted by Gasteiger charge is 2.18. The highest BCUT2D eigenvalue weighted by molar-refractivity contribution is 6.04. The molecule has 7 heteroatoms. The topological polar surface area (TPSA) is 81.9 Å². The van der Waals surface area contributed by atoms with Gasteiger partial charge in [-0.3, -0.25) is 14.0 Å². The second-order valence-electron chi connectivity index (χ2n) is 5.76. The average molecular weight is 337 g/mol. The third kappa shape index (κ3) is 2.50. The summed E-state index contributed by atoms with van der Waals surface area (Å²) in [5, 5.41) is 2.67. The number of carbonyl (C=O) groups excluding carboxylic acids is 1. The minimum atomic E-state index is -0.408. The summed E-state index contributed by atoms with van der Waals surface area (Å²) in [4.78, 5) is 29.7. The Bertz CT molecular complexity index is 1070. The summed E-state index contributed by atoms with van der Waals surface area (Å²) in [6.45, 7) is 3.64. The zero-order chi connectivity index (χ0) is 17.6. The number of hydrogen-bond acceptors (Lipinski definition) is 5. The minimum Gasteiger partial charge on any atom is -0.454 e. The van der Waals surface area contributed by atoms with Crippen molar-refractivity contribution in [3.63, 3.8) is 0 Å². The number of benzene rings is 1. The molecule has 1 aliphatic rings. The standard InChI is InChI=1S/C18H15N3O4/c1-10-4-3-5-15-19-11(2)16(18(23)21(10)15)20-17(22)12-6-7-13-14(8-12)25-9-24-13/h3-8H,9H2,1-2H3,(H,20,22). The zero-order valence-corrected chi connectivity index (χ0v) is 13.7. The van der Waals surface area contributed by atoms with Crippen LogP contribution in [0.3, 0.4) is 0 Å². The van der Waals surface area contributed by atoms with Crippen LogP contribution in [-0.4, -0.2) is 22.1 Å². The van der Waals surface area contributed by atoms with Crippen LogP contribution in [0.5, 0.6) is 11.5 Å². The third-order valence-corrected chi connectivity index (χ3v) is 4.10. The number of carbonyl (C=O) groups is 1. The van der Waals surface area contributed by atoms with Crippen LogP contribution in [0, 0.1) is 13.8 Å². The summed E-state index contributed by atoms with van der Waals surface area (Å²) >= 11 is 0. The van der Waals surface area contributed by atoms with Gasteiger partial charge in [-0.2, -0.15) is 0 Å². The molecule has 0 spiro atoms. The number of nitrogens with one attached hydrogen (secondary N) is 1. The summed E-state index contributed by atoms with van der Waals surface area (Å²) in [7, 11) is 0. The second-order valence-corrected chi connectivity index (χ2v) is 5.76.